The number of rotatable bonds is 1. The topological polar surface area (TPSA) is 0 Å². The number of hydrogen-bond acceptors (Lipinski definition) is 0. The summed E-state index contributed by atoms with van der Waals surface area (Å²) in [6.45, 7) is 0. The molecule has 3 heteroatoms. The van der Waals surface area contributed by atoms with Crippen LogP contribution < -0.4 is 0 Å². The van der Waals surface area contributed by atoms with E-state index in [1.54, 1.807) is 0 Å². The summed E-state index contributed by atoms with van der Waals surface area (Å²) >= 11 is 14.8. The first-order valence-electron chi connectivity index (χ1n) is 3.74. The van der Waals surface area contributed by atoms with Crippen LogP contribution in [0.25, 0.3) is 0 Å². The number of alkyl halides is 1. The van der Waals surface area contributed by atoms with Crippen molar-refractivity contribution in [2.45, 2.75) is 6.42 Å². The van der Waals surface area contributed by atoms with Gasteiger partial charge in [0.25, 0.3) is 0 Å². The highest BCUT2D eigenvalue weighted by Crippen LogP contribution is 2.20. The van der Waals surface area contributed by atoms with Crippen LogP contribution in [0.5, 0.6) is 0 Å². The standard InChI is InChI=1S/C10H7BrCl2/c11-9-5-4-8(10(13)7-9)3-1-2-6-12/h4-5,7H,2,6H2. The Hall–Kier alpha value is -0.160. The zero-order valence-corrected chi connectivity index (χ0v) is 9.88. The molecule has 0 bridgehead atoms. The molecule has 0 spiro atoms. The minimum absolute atomic E-state index is 0.557. The van der Waals surface area contributed by atoms with E-state index in [0.29, 0.717) is 17.3 Å². The molecule has 1 aromatic rings. The smallest absolute Gasteiger partial charge is 0.0573 e. The Bertz CT molecular complexity index is 350. The predicted molar refractivity (Wildman–Crippen MR) is 61.4 cm³/mol. The summed E-state index contributed by atoms with van der Waals surface area (Å²) in [7, 11) is 0. The van der Waals surface area contributed by atoms with Crippen LogP contribution >= 0.6 is 39.1 Å². The maximum atomic E-state index is 5.94. The summed E-state index contributed by atoms with van der Waals surface area (Å²) in [5.41, 5.74) is 0.843. The van der Waals surface area contributed by atoms with Crippen molar-refractivity contribution >= 4 is 39.1 Å². The molecule has 0 heterocycles. The van der Waals surface area contributed by atoms with Crippen LogP contribution in [0.1, 0.15) is 12.0 Å². The molecule has 0 atom stereocenters. The van der Waals surface area contributed by atoms with Crippen molar-refractivity contribution in [3.63, 3.8) is 0 Å². The SMILES string of the molecule is ClCCC#Cc1ccc(Br)cc1Cl. The Kier molecular flexibility index (Phi) is 4.66. The zero-order valence-electron chi connectivity index (χ0n) is 6.78. The molecule has 1 rings (SSSR count). The van der Waals surface area contributed by atoms with Crippen LogP contribution in [-0.4, -0.2) is 5.88 Å². The molecular formula is C10H7BrCl2. The van der Waals surface area contributed by atoms with E-state index < -0.39 is 0 Å². The summed E-state index contributed by atoms with van der Waals surface area (Å²) in [5, 5.41) is 0.663. The van der Waals surface area contributed by atoms with Crippen LogP contribution in [0.2, 0.25) is 5.02 Å². The van der Waals surface area contributed by atoms with E-state index in [2.05, 4.69) is 27.8 Å². The van der Waals surface area contributed by atoms with E-state index in [1.165, 1.54) is 0 Å². The Morgan fingerprint density at radius 1 is 1.38 bits per heavy atom. The molecule has 0 N–H and O–H groups in total. The second-order valence-corrected chi connectivity index (χ2v) is 4.07. The molecule has 13 heavy (non-hydrogen) atoms. The summed E-state index contributed by atoms with van der Waals surface area (Å²) in [4.78, 5) is 0. The lowest BCUT2D eigenvalue weighted by Gasteiger charge is -1.95. The summed E-state index contributed by atoms with van der Waals surface area (Å²) in [6.07, 6.45) is 0.688. The minimum atomic E-state index is 0.557. The fourth-order valence-corrected chi connectivity index (χ4v) is 1.61. The van der Waals surface area contributed by atoms with Gasteiger partial charge in [0.1, 0.15) is 0 Å². The number of hydrogen-bond donors (Lipinski definition) is 0. The molecule has 1 aromatic carbocycles. The van der Waals surface area contributed by atoms with Crippen LogP contribution in [0.15, 0.2) is 22.7 Å². The number of benzene rings is 1. The normalized spacial score (nSPS) is 9.15. The third-order valence-electron chi connectivity index (χ3n) is 1.37. The van der Waals surface area contributed by atoms with Gasteiger partial charge in [0.15, 0.2) is 0 Å². The van der Waals surface area contributed by atoms with Crippen LogP contribution in [-0.2, 0) is 0 Å². The predicted octanol–water partition coefficient (Wildman–Crippen LogP) is 4.08. The summed E-state index contributed by atoms with van der Waals surface area (Å²) in [6, 6.07) is 5.62. The van der Waals surface area contributed by atoms with Crippen molar-refractivity contribution in [1.29, 1.82) is 0 Å². The third kappa shape index (κ3) is 3.60. The van der Waals surface area contributed by atoms with E-state index in [-0.39, 0.29) is 0 Å². The van der Waals surface area contributed by atoms with Gasteiger partial charge in [-0.2, -0.15) is 0 Å². The molecule has 0 aliphatic carbocycles. The van der Waals surface area contributed by atoms with Gasteiger partial charge in [-0.3, -0.25) is 0 Å². The second kappa shape index (κ2) is 5.54. The highest BCUT2D eigenvalue weighted by molar-refractivity contribution is 9.10. The first-order chi connectivity index (χ1) is 6.24. The summed E-state index contributed by atoms with van der Waals surface area (Å²) in [5.74, 6) is 6.44. The second-order valence-electron chi connectivity index (χ2n) is 2.36. The van der Waals surface area contributed by atoms with Crippen molar-refractivity contribution < 1.29 is 0 Å². The molecule has 0 nitrogen and oxygen atoms in total. The van der Waals surface area contributed by atoms with Gasteiger partial charge in [0, 0.05) is 22.3 Å². The molecule has 0 aliphatic rings. The van der Waals surface area contributed by atoms with E-state index in [1.807, 2.05) is 18.2 Å². The van der Waals surface area contributed by atoms with Crippen LogP contribution in [0, 0.1) is 11.8 Å². The molecule has 0 saturated carbocycles. The van der Waals surface area contributed by atoms with Gasteiger partial charge in [-0.25, -0.2) is 0 Å². The lowest BCUT2D eigenvalue weighted by molar-refractivity contribution is 1.29. The molecule has 0 saturated heterocycles. The Labute approximate surface area is 96.4 Å². The van der Waals surface area contributed by atoms with Gasteiger partial charge in [0.05, 0.1) is 5.02 Å². The molecule has 0 aliphatic heterocycles. The molecule has 0 amide bonds. The average molecular weight is 278 g/mol. The molecule has 0 radical (unpaired) electrons. The highest BCUT2D eigenvalue weighted by Gasteiger charge is 1.96. The molecule has 0 aromatic heterocycles. The monoisotopic (exact) mass is 276 g/mol. The Morgan fingerprint density at radius 3 is 2.77 bits per heavy atom. The zero-order chi connectivity index (χ0) is 9.68. The van der Waals surface area contributed by atoms with Crippen molar-refractivity contribution in [2.75, 3.05) is 5.88 Å². The lowest BCUT2D eigenvalue weighted by atomic mass is 10.2. The van der Waals surface area contributed by atoms with E-state index in [9.17, 15) is 0 Å². The van der Waals surface area contributed by atoms with Crippen LogP contribution in [0.3, 0.4) is 0 Å². The van der Waals surface area contributed by atoms with Gasteiger partial charge >= 0.3 is 0 Å². The molecule has 68 valence electrons. The molecular weight excluding hydrogens is 271 g/mol. The van der Waals surface area contributed by atoms with E-state index >= 15 is 0 Å². The van der Waals surface area contributed by atoms with Crippen molar-refractivity contribution in [3.8, 4) is 11.8 Å². The van der Waals surface area contributed by atoms with Crippen molar-refractivity contribution in [3.05, 3.63) is 33.3 Å². The fraction of sp³-hybridized carbons (Fsp3) is 0.200. The summed E-state index contributed by atoms with van der Waals surface area (Å²) < 4.78 is 0.959. The average Bonchev–Trinajstić information content (AvgIpc) is 2.09. The molecule has 0 fully saturated rings. The number of halogens is 3. The quantitative estimate of drug-likeness (QED) is 0.536. The third-order valence-corrected chi connectivity index (χ3v) is 2.37. The first-order valence-corrected chi connectivity index (χ1v) is 5.44. The van der Waals surface area contributed by atoms with Crippen LogP contribution in [0.4, 0.5) is 0 Å². The maximum Gasteiger partial charge on any atom is 0.0573 e. The van der Waals surface area contributed by atoms with Gasteiger partial charge in [-0.05, 0) is 18.2 Å². The minimum Gasteiger partial charge on any atom is -0.126 e. The van der Waals surface area contributed by atoms with Crippen molar-refractivity contribution in [2.24, 2.45) is 0 Å². The van der Waals surface area contributed by atoms with Gasteiger partial charge in [0.2, 0.25) is 0 Å². The van der Waals surface area contributed by atoms with E-state index in [4.69, 9.17) is 23.2 Å². The Morgan fingerprint density at radius 2 is 2.15 bits per heavy atom. The Balaban J connectivity index is 2.85. The molecule has 0 unspecified atom stereocenters. The van der Waals surface area contributed by atoms with E-state index in [0.717, 1.165) is 10.0 Å². The lowest BCUT2D eigenvalue weighted by Crippen LogP contribution is -1.77. The van der Waals surface area contributed by atoms with Crippen molar-refractivity contribution in [1.82, 2.24) is 0 Å². The highest BCUT2D eigenvalue weighted by atomic mass is 79.9. The fourth-order valence-electron chi connectivity index (χ4n) is 0.796. The first kappa shape index (κ1) is 10.9. The van der Waals surface area contributed by atoms with Gasteiger partial charge in [-0.15, -0.1) is 11.6 Å². The van der Waals surface area contributed by atoms with Gasteiger partial charge in [-0.1, -0.05) is 39.4 Å². The largest absolute Gasteiger partial charge is 0.126 e. The maximum absolute atomic E-state index is 5.94. The van der Waals surface area contributed by atoms with Gasteiger partial charge < -0.3 is 0 Å².